The molecule has 1 heterocycles. The molecule has 0 radical (unpaired) electrons. The maximum Gasteiger partial charge on any atom is 0.135 e. The van der Waals surface area contributed by atoms with Crippen LogP contribution in [0, 0.1) is 0 Å². The Morgan fingerprint density at radius 3 is 1.52 bits per heavy atom. The van der Waals surface area contributed by atoms with Crippen molar-refractivity contribution in [2.45, 2.75) is 5.41 Å². The van der Waals surface area contributed by atoms with Crippen molar-refractivity contribution in [2.24, 2.45) is 0 Å². The van der Waals surface area contributed by atoms with Gasteiger partial charge in [0.15, 0.2) is 0 Å². The van der Waals surface area contributed by atoms with E-state index in [-0.39, 0.29) is 5.41 Å². The Hall–Kier alpha value is -6.96. The molecule has 9 aromatic carbocycles. The smallest absolute Gasteiger partial charge is 0.135 e. The molecule has 9 aromatic rings. The van der Waals surface area contributed by atoms with Crippen molar-refractivity contribution in [1.82, 2.24) is 0 Å². The Morgan fingerprint density at radius 1 is 0.278 bits per heavy atom. The summed E-state index contributed by atoms with van der Waals surface area (Å²) in [5, 5.41) is 2.36. The van der Waals surface area contributed by atoms with Crippen LogP contribution < -0.4 is 4.74 Å². The van der Waals surface area contributed by atoms with Crippen LogP contribution in [0.5, 0.6) is 11.5 Å². The van der Waals surface area contributed by atoms with Gasteiger partial charge in [-0.05, 0) is 125 Å². The van der Waals surface area contributed by atoms with Crippen molar-refractivity contribution in [3.8, 4) is 78.3 Å². The third-order valence-electron chi connectivity index (χ3n) is 12.1. The lowest BCUT2D eigenvalue weighted by atomic mass is 9.70. The van der Waals surface area contributed by atoms with Crippen molar-refractivity contribution < 1.29 is 4.74 Å². The molecule has 0 fully saturated rings. The summed E-state index contributed by atoms with van der Waals surface area (Å²) in [5.74, 6) is 1.81. The van der Waals surface area contributed by atoms with Gasteiger partial charge in [0.2, 0.25) is 0 Å². The standard InChI is InChI=1S/C53H32O/c1-2-13-33(14-3-1)35-29-36(31-37(30-35)38-27-28-51-52-44(38)19-12-20-45(52)43-18-7-11-24-50(43)54-51)34-25-26-42-41-17-6-10-23-48(41)53(49(42)32-34)46-21-8-4-15-39(46)40-16-5-9-22-47(40)53/h1-32H. The van der Waals surface area contributed by atoms with Gasteiger partial charge >= 0.3 is 0 Å². The molecule has 12 rings (SSSR count). The second-order valence-electron chi connectivity index (χ2n) is 14.7. The summed E-state index contributed by atoms with van der Waals surface area (Å²) in [6.45, 7) is 0. The minimum absolute atomic E-state index is 0.387. The molecular weight excluding hydrogens is 653 g/mol. The van der Waals surface area contributed by atoms with Gasteiger partial charge < -0.3 is 4.74 Å². The van der Waals surface area contributed by atoms with Gasteiger partial charge in [-0.3, -0.25) is 0 Å². The Labute approximate surface area is 314 Å². The number of ether oxygens (including phenoxy) is 1. The fourth-order valence-electron chi connectivity index (χ4n) is 9.85. The van der Waals surface area contributed by atoms with Crippen LogP contribution in [0.3, 0.4) is 0 Å². The molecule has 0 saturated heterocycles. The minimum atomic E-state index is -0.387. The van der Waals surface area contributed by atoms with Crippen LogP contribution in [0.4, 0.5) is 0 Å². The average molecular weight is 685 g/mol. The molecule has 0 N–H and O–H groups in total. The van der Waals surface area contributed by atoms with E-state index in [1.807, 2.05) is 6.07 Å². The number of rotatable bonds is 3. The summed E-state index contributed by atoms with van der Waals surface area (Å²) in [7, 11) is 0. The van der Waals surface area contributed by atoms with E-state index in [0.717, 1.165) is 22.4 Å². The quantitative estimate of drug-likeness (QED) is 0.180. The number of fused-ring (bicyclic) bond motifs is 12. The molecule has 0 saturated carbocycles. The van der Waals surface area contributed by atoms with Gasteiger partial charge in [0.05, 0.1) is 5.41 Å². The predicted molar refractivity (Wildman–Crippen MR) is 222 cm³/mol. The van der Waals surface area contributed by atoms with Crippen molar-refractivity contribution in [1.29, 1.82) is 0 Å². The minimum Gasteiger partial charge on any atom is -0.456 e. The molecular formula is C53H32O. The van der Waals surface area contributed by atoms with Crippen LogP contribution in [0.1, 0.15) is 22.3 Å². The zero-order valence-corrected chi connectivity index (χ0v) is 29.4. The highest BCUT2D eigenvalue weighted by Gasteiger charge is 2.51. The summed E-state index contributed by atoms with van der Waals surface area (Å²) >= 11 is 0. The lowest BCUT2D eigenvalue weighted by Crippen LogP contribution is -2.25. The molecule has 1 heteroatoms. The fraction of sp³-hybridized carbons (Fsp3) is 0.0189. The van der Waals surface area contributed by atoms with E-state index in [9.17, 15) is 0 Å². The number of benzene rings is 9. The van der Waals surface area contributed by atoms with E-state index in [4.69, 9.17) is 4.74 Å². The Bertz CT molecular complexity index is 2960. The average Bonchev–Trinajstić information content (AvgIpc) is 3.71. The summed E-state index contributed by atoms with van der Waals surface area (Å²) in [6.07, 6.45) is 0. The summed E-state index contributed by atoms with van der Waals surface area (Å²) in [6, 6.07) is 71.6. The molecule has 0 aromatic heterocycles. The maximum atomic E-state index is 6.49. The molecule has 1 spiro atoms. The molecule has 0 unspecified atom stereocenters. The Balaban J connectivity index is 1.11. The first-order valence-electron chi connectivity index (χ1n) is 18.8. The Morgan fingerprint density at radius 2 is 0.815 bits per heavy atom. The molecule has 250 valence electrons. The number of hydrogen-bond acceptors (Lipinski definition) is 1. The zero-order chi connectivity index (χ0) is 35.4. The second-order valence-corrected chi connectivity index (χ2v) is 14.7. The van der Waals surface area contributed by atoms with E-state index >= 15 is 0 Å². The SMILES string of the molecule is c1ccc(-c2cc(-c3ccc4c(c3)C3(c5ccccc5-c5ccccc53)c3ccccc3-4)cc(-c3ccc4c5c(cccc35)-c3ccccc3O4)c2)cc1. The number of para-hydroxylation sites is 1. The third-order valence-corrected chi connectivity index (χ3v) is 12.1. The van der Waals surface area contributed by atoms with E-state index in [2.05, 4.69) is 188 Å². The third kappa shape index (κ3) is 3.93. The van der Waals surface area contributed by atoms with E-state index in [1.54, 1.807) is 0 Å². The van der Waals surface area contributed by atoms with Crippen LogP contribution in [-0.2, 0) is 5.41 Å². The lowest BCUT2D eigenvalue weighted by molar-refractivity contribution is 0.487. The van der Waals surface area contributed by atoms with Crippen molar-refractivity contribution in [2.75, 3.05) is 0 Å². The van der Waals surface area contributed by atoms with Gasteiger partial charge in [-0.2, -0.15) is 0 Å². The molecule has 0 amide bonds. The van der Waals surface area contributed by atoms with Gasteiger partial charge in [0.25, 0.3) is 0 Å². The molecule has 1 nitrogen and oxygen atoms in total. The predicted octanol–water partition coefficient (Wildman–Crippen LogP) is 14.0. The summed E-state index contributed by atoms with van der Waals surface area (Å²) in [5.41, 5.74) is 19.8. The molecule has 2 aliphatic carbocycles. The van der Waals surface area contributed by atoms with Crippen molar-refractivity contribution in [3.05, 3.63) is 216 Å². The first-order chi connectivity index (χ1) is 26.8. The molecule has 54 heavy (non-hydrogen) atoms. The molecule has 0 atom stereocenters. The fourth-order valence-corrected chi connectivity index (χ4v) is 9.85. The highest BCUT2D eigenvalue weighted by Crippen LogP contribution is 2.63. The highest BCUT2D eigenvalue weighted by atomic mass is 16.5. The zero-order valence-electron chi connectivity index (χ0n) is 29.4. The highest BCUT2D eigenvalue weighted by molar-refractivity contribution is 6.10. The van der Waals surface area contributed by atoms with Gasteiger partial charge in [0.1, 0.15) is 11.5 Å². The van der Waals surface area contributed by atoms with Crippen molar-refractivity contribution >= 4 is 10.8 Å². The van der Waals surface area contributed by atoms with Crippen LogP contribution >= 0.6 is 0 Å². The monoisotopic (exact) mass is 684 g/mol. The van der Waals surface area contributed by atoms with E-state index < -0.39 is 0 Å². The van der Waals surface area contributed by atoms with Crippen LogP contribution in [0.15, 0.2) is 194 Å². The largest absolute Gasteiger partial charge is 0.456 e. The van der Waals surface area contributed by atoms with Crippen molar-refractivity contribution in [3.63, 3.8) is 0 Å². The maximum absolute atomic E-state index is 6.49. The topological polar surface area (TPSA) is 9.23 Å². The van der Waals surface area contributed by atoms with E-state index in [0.29, 0.717) is 0 Å². The van der Waals surface area contributed by atoms with Crippen LogP contribution in [-0.4, -0.2) is 0 Å². The molecule has 1 aliphatic heterocycles. The number of hydrogen-bond donors (Lipinski definition) is 0. The second kappa shape index (κ2) is 11.0. The van der Waals surface area contributed by atoms with E-state index in [1.165, 1.54) is 88.8 Å². The van der Waals surface area contributed by atoms with Crippen LogP contribution in [0.2, 0.25) is 0 Å². The van der Waals surface area contributed by atoms with Gasteiger partial charge in [-0.15, -0.1) is 0 Å². The van der Waals surface area contributed by atoms with Gasteiger partial charge in [-0.1, -0.05) is 158 Å². The first-order valence-corrected chi connectivity index (χ1v) is 18.8. The van der Waals surface area contributed by atoms with Gasteiger partial charge in [-0.25, -0.2) is 0 Å². The van der Waals surface area contributed by atoms with Crippen LogP contribution in [0.25, 0.3) is 77.5 Å². The molecule has 3 aliphatic rings. The van der Waals surface area contributed by atoms with Gasteiger partial charge in [0, 0.05) is 10.9 Å². The lowest BCUT2D eigenvalue weighted by Gasteiger charge is -2.30. The Kier molecular flexibility index (Phi) is 6.04. The summed E-state index contributed by atoms with van der Waals surface area (Å²) in [4.78, 5) is 0. The normalized spacial score (nSPS) is 13.5. The molecule has 0 bridgehead atoms. The summed E-state index contributed by atoms with van der Waals surface area (Å²) < 4.78 is 6.49. The first kappa shape index (κ1) is 29.6.